The van der Waals surface area contributed by atoms with Crippen LogP contribution < -0.4 is 15.4 Å². The number of carbonyl (C=O) groups is 2. The van der Waals surface area contributed by atoms with Crippen LogP contribution in [-0.4, -0.2) is 29.2 Å². The Morgan fingerprint density at radius 2 is 1.86 bits per heavy atom. The highest BCUT2D eigenvalue weighted by Gasteiger charge is 2.15. The maximum atomic E-state index is 11.9. The summed E-state index contributed by atoms with van der Waals surface area (Å²) in [5.41, 5.74) is 1.37. The number of ether oxygens (including phenoxy) is 1. The molecular formula is C14H15N3O4. The largest absolute Gasteiger partial charge is 0.497 e. The maximum Gasteiger partial charge on any atom is 0.354 e. The van der Waals surface area contributed by atoms with Gasteiger partial charge < -0.3 is 25.5 Å². The summed E-state index contributed by atoms with van der Waals surface area (Å²) in [6.45, 7) is 1.71. The molecule has 1 aromatic heterocycles. The molecule has 0 bridgehead atoms. The molecule has 2 rings (SSSR count). The van der Waals surface area contributed by atoms with Gasteiger partial charge in [-0.2, -0.15) is 0 Å². The average molecular weight is 289 g/mol. The van der Waals surface area contributed by atoms with Gasteiger partial charge in [-0.25, -0.2) is 9.59 Å². The molecule has 0 unspecified atom stereocenters. The van der Waals surface area contributed by atoms with Gasteiger partial charge in [0.15, 0.2) is 0 Å². The topological polar surface area (TPSA) is 103 Å². The predicted octanol–water partition coefficient (Wildman–Crippen LogP) is 2.67. The van der Waals surface area contributed by atoms with Crippen LogP contribution in [0.4, 0.5) is 16.2 Å². The van der Waals surface area contributed by atoms with E-state index in [9.17, 15) is 9.59 Å². The Morgan fingerprint density at radius 3 is 2.43 bits per heavy atom. The number of rotatable bonds is 4. The molecule has 0 aliphatic heterocycles. The standard InChI is InChI=1S/C14H15N3O4/c1-8-7-11(12(15-8)13(18)19)17-14(20)16-9-3-5-10(21-2)6-4-9/h3-7,15H,1-2H3,(H,18,19)(H2,16,17,20). The Morgan fingerprint density at radius 1 is 1.19 bits per heavy atom. The Kier molecular flexibility index (Phi) is 4.13. The SMILES string of the molecule is COc1ccc(NC(=O)Nc2cc(C)[nH]c2C(=O)O)cc1. The monoisotopic (exact) mass is 289 g/mol. The summed E-state index contributed by atoms with van der Waals surface area (Å²) >= 11 is 0. The lowest BCUT2D eigenvalue weighted by molar-refractivity contribution is 0.0692. The van der Waals surface area contributed by atoms with Gasteiger partial charge in [0.05, 0.1) is 12.8 Å². The lowest BCUT2D eigenvalue weighted by Crippen LogP contribution is -2.20. The number of amides is 2. The van der Waals surface area contributed by atoms with Gasteiger partial charge in [-0.15, -0.1) is 0 Å². The van der Waals surface area contributed by atoms with E-state index in [1.54, 1.807) is 44.4 Å². The zero-order valence-corrected chi connectivity index (χ0v) is 11.6. The van der Waals surface area contributed by atoms with E-state index in [0.29, 0.717) is 17.1 Å². The van der Waals surface area contributed by atoms with E-state index in [4.69, 9.17) is 9.84 Å². The Bertz CT molecular complexity index is 661. The minimum Gasteiger partial charge on any atom is -0.497 e. The van der Waals surface area contributed by atoms with Crippen LogP contribution in [0.1, 0.15) is 16.2 Å². The van der Waals surface area contributed by atoms with Crippen molar-refractivity contribution in [1.82, 2.24) is 4.98 Å². The molecule has 2 amide bonds. The summed E-state index contributed by atoms with van der Waals surface area (Å²) in [5, 5.41) is 14.1. The molecule has 0 atom stereocenters. The first-order chi connectivity index (χ1) is 9.99. The number of urea groups is 1. The zero-order valence-electron chi connectivity index (χ0n) is 11.6. The first kappa shape index (κ1) is 14.4. The van der Waals surface area contributed by atoms with Crippen molar-refractivity contribution in [3.63, 3.8) is 0 Å². The number of nitrogens with one attached hydrogen (secondary N) is 3. The fourth-order valence-electron chi connectivity index (χ4n) is 1.82. The van der Waals surface area contributed by atoms with Crippen LogP contribution >= 0.6 is 0 Å². The van der Waals surface area contributed by atoms with Gasteiger partial charge in [0.2, 0.25) is 0 Å². The molecule has 0 aliphatic rings. The summed E-state index contributed by atoms with van der Waals surface area (Å²) in [6.07, 6.45) is 0. The molecule has 0 spiro atoms. The maximum absolute atomic E-state index is 11.9. The second kappa shape index (κ2) is 6.00. The quantitative estimate of drug-likeness (QED) is 0.694. The number of methoxy groups -OCH3 is 1. The third-order valence-electron chi connectivity index (χ3n) is 2.76. The zero-order chi connectivity index (χ0) is 15.4. The van der Waals surface area contributed by atoms with Crippen molar-refractivity contribution < 1.29 is 19.4 Å². The molecule has 110 valence electrons. The molecular weight excluding hydrogens is 274 g/mol. The van der Waals surface area contributed by atoms with E-state index in [-0.39, 0.29) is 11.4 Å². The predicted molar refractivity (Wildman–Crippen MR) is 78.1 cm³/mol. The van der Waals surface area contributed by atoms with Gasteiger partial charge in [0.25, 0.3) is 0 Å². The van der Waals surface area contributed by atoms with Gasteiger partial charge in [0.1, 0.15) is 11.4 Å². The van der Waals surface area contributed by atoms with E-state index in [2.05, 4.69) is 15.6 Å². The Balaban J connectivity index is 2.06. The van der Waals surface area contributed by atoms with Crippen molar-refractivity contribution >= 4 is 23.4 Å². The number of aromatic nitrogens is 1. The van der Waals surface area contributed by atoms with Crippen LogP contribution in [0.5, 0.6) is 5.75 Å². The number of anilines is 2. The molecule has 7 heteroatoms. The molecule has 2 aromatic rings. The first-order valence-corrected chi connectivity index (χ1v) is 6.14. The number of H-pyrrole nitrogens is 1. The van der Waals surface area contributed by atoms with Crippen LogP contribution in [0.2, 0.25) is 0 Å². The lowest BCUT2D eigenvalue weighted by atomic mass is 10.3. The highest BCUT2D eigenvalue weighted by molar-refractivity contribution is 6.04. The first-order valence-electron chi connectivity index (χ1n) is 6.14. The van der Waals surface area contributed by atoms with Crippen molar-refractivity contribution in [3.05, 3.63) is 41.7 Å². The van der Waals surface area contributed by atoms with Crippen LogP contribution in [-0.2, 0) is 0 Å². The fourth-order valence-corrected chi connectivity index (χ4v) is 1.82. The minimum atomic E-state index is -1.14. The number of carbonyl (C=O) groups excluding carboxylic acids is 1. The second-order valence-electron chi connectivity index (χ2n) is 4.35. The number of hydrogen-bond donors (Lipinski definition) is 4. The molecule has 1 aromatic carbocycles. The molecule has 0 fully saturated rings. The third kappa shape index (κ3) is 3.53. The number of carboxylic acid groups (broad SMARTS) is 1. The van der Waals surface area contributed by atoms with Crippen molar-refractivity contribution in [2.45, 2.75) is 6.92 Å². The average Bonchev–Trinajstić information content (AvgIpc) is 2.80. The summed E-state index contributed by atoms with van der Waals surface area (Å²) in [7, 11) is 1.55. The van der Waals surface area contributed by atoms with E-state index >= 15 is 0 Å². The highest BCUT2D eigenvalue weighted by Crippen LogP contribution is 2.18. The van der Waals surface area contributed by atoms with Crippen molar-refractivity contribution in [2.75, 3.05) is 17.7 Å². The lowest BCUT2D eigenvalue weighted by Gasteiger charge is -2.07. The molecule has 4 N–H and O–H groups in total. The molecule has 21 heavy (non-hydrogen) atoms. The van der Waals surface area contributed by atoms with Gasteiger partial charge >= 0.3 is 12.0 Å². The highest BCUT2D eigenvalue weighted by atomic mass is 16.5. The number of carboxylic acids is 1. The Labute approximate surface area is 120 Å². The van der Waals surface area contributed by atoms with Gasteiger partial charge in [-0.1, -0.05) is 0 Å². The second-order valence-corrected chi connectivity index (χ2v) is 4.35. The van der Waals surface area contributed by atoms with Crippen molar-refractivity contribution in [2.24, 2.45) is 0 Å². The van der Waals surface area contributed by atoms with Crippen LogP contribution in [0.3, 0.4) is 0 Å². The fraction of sp³-hybridized carbons (Fsp3) is 0.143. The van der Waals surface area contributed by atoms with Crippen molar-refractivity contribution in [1.29, 1.82) is 0 Å². The summed E-state index contributed by atoms with van der Waals surface area (Å²) in [5.74, 6) is -0.460. The van der Waals surface area contributed by atoms with Crippen LogP contribution in [0.25, 0.3) is 0 Å². The van der Waals surface area contributed by atoms with Crippen LogP contribution in [0, 0.1) is 6.92 Å². The van der Waals surface area contributed by atoms with E-state index in [1.807, 2.05) is 0 Å². The summed E-state index contributed by atoms with van der Waals surface area (Å²) in [4.78, 5) is 25.6. The van der Waals surface area contributed by atoms with Crippen molar-refractivity contribution in [3.8, 4) is 5.75 Å². The van der Waals surface area contributed by atoms with Gasteiger partial charge in [-0.3, -0.25) is 0 Å². The number of aromatic amines is 1. The summed E-state index contributed by atoms with van der Waals surface area (Å²) in [6, 6.07) is 7.80. The summed E-state index contributed by atoms with van der Waals surface area (Å²) < 4.78 is 5.02. The third-order valence-corrected chi connectivity index (χ3v) is 2.76. The molecule has 7 nitrogen and oxygen atoms in total. The Hall–Kier alpha value is -2.96. The van der Waals surface area contributed by atoms with Crippen LogP contribution in [0.15, 0.2) is 30.3 Å². The molecule has 0 aliphatic carbocycles. The molecule has 1 heterocycles. The number of aryl methyl sites for hydroxylation is 1. The van der Waals surface area contributed by atoms with Gasteiger partial charge in [-0.05, 0) is 37.3 Å². The number of benzene rings is 1. The van der Waals surface area contributed by atoms with E-state index in [1.165, 1.54) is 0 Å². The normalized spacial score (nSPS) is 10.0. The smallest absolute Gasteiger partial charge is 0.354 e. The molecule has 0 saturated heterocycles. The minimum absolute atomic E-state index is 0.0580. The van der Waals surface area contributed by atoms with E-state index < -0.39 is 12.0 Å². The molecule has 0 radical (unpaired) electrons. The number of hydrogen-bond acceptors (Lipinski definition) is 3. The van der Waals surface area contributed by atoms with E-state index in [0.717, 1.165) is 0 Å². The van der Waals surface area contributed by atoms with Gasteiger partial charge in [0, 0.05) is 11.4 Å². The molecule has 0 saturated carbocycles. The number of aromatic carboxylic acids is 1.